The van der Waals surface area contributed by atoms with Gasteiger partial charge in [0.15, 0.2) is 5.60 Å². The monoisotopic (exact) mass is 263 g/mol. The fraction of sp³-hybridized carbons (Fsp3) is 0.429. The van der Waals surface area contributed by atoms with E-state index < -0.39 is 17.0 Å². The minimum absolute atomic E-state index is 0.199. The van der Waals surface area contributed by atoms with Gasteiger partial charge in [0.05, 0.1) is 12.0 Å². The number of carboxylic acid groups (broad SMARTS) is 1. The first-order valence-corrected chi connectivity index (χ1v) is 6.05. The van der Waals surface area contributed by atoms with Gasteiger partial charge in [0.2, 0.25) is 5.91 Å². The van der Waals surface area contributed by atoms with E-state index >= 15 is 0 Å². The number of amides is 1. The molecule has 1 heterocycles. The van der Waals surface area contributed by atoms with Gasteiger partial charge in [-0.3, -0.25) is 4.79 Å². The van der Waals surface area contributed by atoms with Crippen molar-refractivity contribution >= 4 is 17.6 Å². The molecule has 5 heteroatoms. The van der Waals surface area contributed by atoms with Crippen molar-refractivity contribution in [1.82, 2.24) is 0 Å². The smallest absolute Gasteiger partial charge is 0.337 e. The zero-order chi connectivity index (χ0) is 14.4. The van der Waals surface area contributed by atoms with E-state index in [1.807, 2.05) is 12.1 Å². The molecule has 0 fully saturated rings. The van der Waals surface area contributed by atoms with Gasteiger partial charge in [0.25, 0.3) is 0 Å². The van der Waals surface area contributed by atoms with Crippen LogP contribution in [0.15, 0.2) is 24.3 Å². The first-order chi connectivity index (χ1) is 8.68. The molecule has 0 saturated heterocycles. The third-order valence-electron chi connectivity index (χ3n) is 3.57. The Morgan fingerprint density at radius 2 is 1.95 bits per heavy atom. The van der Waals surface area contributed by atoms with Crippen LogP contribution in [0, 0.1) is 0 Å². The van der Waals surface area contributed by atoms with Crippen LogP contribution in [0.3, 0.4) is 0 Å². The van der Waals surface area contributed by atoms with E-state index in [9.17, 15) is 14.7 Å². The van der Waals surface area contributed by atoms with E-state index in [2.05, 4.69) is 0 Å². The minimum atomic E-state index is -1.97. The van der Waals surface area contributed by atoms with Crippen LogP contribution >= 0.6 is 0 Å². The molecular weight excluding hydrogens is 246 g/mol. The van der Waals surface area contributed by atoms with Gasteiger partial charge in [-0.2, -0.15) is 0 Å². The molecule has 0 spiro atoms. The Morgan fingerprint density at radius 3 is 2.53 bits per heavy atom. The standard InChI is InChI=1S/C14H17NO4/c1-13(2)9-6-4-5-7-10(9)15(11(13)16)8-14(3,19)12(17)18/h4-7,19H,8H2,1-3H3,(H,17,18). The molecule has 19 heavy (non-hydrogen) atoms. The first-order valence-electron chi connectivity index (χ1n) is 6.05. The first kappa shape index (κ1) is 13.5. The van der Waals surface area contributed by atoms with Crippen LogP contribution in [0.4, 0.5) is 5.69 Å². The maximum absolute atomic E-state index is 12.4. The zero-order valence-corrected chi connectivity index (χ0v) is 11.2. The average Bonchev–Trinajstić information content (AvgIpc) is 2.51. The summed E-state index contributed by atoms with van der Waals surface area (Å²) >= 11 is 0. The summed E-state index contributed by atoms with van der Waals surface area (Å²) < 4.78 is 0. The van der Waals surface area contributed by atoms with Crippen molar-refractivity contribution < 1.29 is 19.8 Å². The molecule has 0 bridgehead atoms. The van der Waals surface area contributed by atoms with E-state index in [1.165, 1.54) is 11.8 Å². The second-order valence-corrected chi connectivity index (χ2v) is 5.61. The molecule has 2 N–H and O–H groups in total. The van der Waals surface area contributed by atoms with Crippen molar-refractivity contribution in [3.63, 3.8) is 0 Å². The molecule has 1 aliphatic heterocycles. The van der Waals surface area contributed by atoms with Crippen molar-refractivity contribution in [1.29, 1.82) is 0 Å². The Morgan fingerprint density at radius 1 is 1.37 bits per heavy atom. The second kappa shape index (κ2) is 4.06. The molecule has 5 nitrogen and oxygen atoms in total. The fourth-order valence-electron chi connectivity index (χ4n) is 2.33. The lowest BCUT2D eigenvalue weighted by molar-refractivity contribution is -0.155. The summed E-state index contributed by atoms with van der Waals surface area (Å²) in [7, 11) is 0. The molecule has 1 unspecified atom stereocenters. The average molecular weight is 263 g/mol. The predicted octanol–water partition coefficient (Wildman–Crippen LogP) is 1.15. The molecule has 1 aromatic carbocycles. The summed E-state index contributed by atoms with van der Waals surface area (Å²) in [6.45, 7) is 4.52. The summed E-state index contributed by atoms with van der Waals surface area (Å²) in [6.07, 6.45) is 0. The Bertz CT molecular complexity index is 548. The third-order valence-corrected chi connectivity index (χ3v) is 3.57. The van der Waals surface area contributed by atoms with Crippen molar-refractivity contribution in [3.8, 4) is 0 Å². The van der Waals surface area contributed by atoms with Crippen molar-refractivity contribution in [2.45, 2.75) is 31.8 Å². The maximum Gasteiger partial charge on any atom is 0.337 e. The number of benzene rings is 1. The number of aliphatic carboxylic acids is 1. The SMILES string of the molecule is CC(O)(CN1C(=O)C(C)(C)c2ccccc21)C(=O)O. The number of carbonyl (C=O) groups is 2. The molecular formula is C14H17NO4. The molecule has 1 aliphatic rings. The quantitative estimate of drug-likeness (QED) is 0.857. The van der Waals surface area contributed by atoms with Crippen LogP contribution in [-0.2, 0) is 15.0 Å². The summed E-state index contributed by atoms with van der Waals surface area (Å²) in [6, 6.07) is 7.24. The maximum atomic E-state index is 12.4. The van der Waals surface area contributed by atoms with Gasteiger partial charge in [-0.05, 0) is 32.4 Å². The molecule has 1 atom stereocenters. The van der Waals surface area contributed by atoms with E-state index in [0.29, 0.717) is 5.69 Å². The Balaban J connectivity index is 2.44. The third kappa shape index (κ3) is 2.00. The Kier molecular flexibility index (Phi) is 2.90. The molecule has 102 valence electrons. The number of carbonyl (C=O) groups excluding carboxylic acids is 1. The summed E-state index contributed by atoms with van der Waals surface area (Å²) in [5.41, 5.74) is -1.16. The number of nitrogens with zero attached hydrogens (tertiary/aromatic N) is 1. The number of carboxylic acids is 1. The number of fused-ring (bicyclic) bond motifs is 1. The van der Waals surface area contributed by atoms with Crippen LogP contribution < -0.4 is 4.90 Å². The fourth-order valence-corrected chi connectivity index (χ4v) is 2.33. The summed E-state index contributed by atoms with van der Waals surface area (Å²) in [5, 5.41) is 18.9. The lowest BCUT2D eigenvalue weighted by Crippen LogP contribution is -2.49. The number of hydrogen-bond acceptors (Lipinski definition) is 3. The van der Waals surface area contributed by atoms with Gasteiger partial charge >= 0.3 is 5.97 Å². The lowest BCUT2D eigenvalue weighted by atomic mass is 9.86. The summed E-state index contributed by atoms with van der Waals surface area (Å²) in [4.78, 5) is 24.8. The minimum Gasteiger partial charge on any atom is -0.479 e. The molecule has 2 rings (SSSR count). The van der Waals surface area contributed by atoms with Gasteiger partial charge in [-0.1, -0.05) is 18.2 Å². The highest BCUT2D eigenvalue weighted by molar-refractivity contribution is 6.08. The number of para-hydroxylation sites is 1. The lowest BCUT2D eigenvalue weighted by Gasteiger charge is -2.27. The topological polar surface area (TPSA) is 77.8 Å². The number of hydrogen-bond donors (Lipinski definition) is 2. The van der Waals surface area contributed by atoms with Crippen LogP contribution in [0.5, 0.6) is 0 Å². The zero-order valence-electron chi connectivity index (χ0n) is 11.2. The Labute approximate surface area is 111 Å². The van der Waals surface area contributed by atoms with Gasteiger partial charge < -0.3 is 15.1 Å². The normalized spacial score (nSPS) is 20.0. The number of β-amino-alcohol motifs (C(OH)–C–C–N with tert-alkyl or cyclic N) is 1. The van der Waals surface area contributed by atoms with Crippen LogP contribution in [0.2, 0.25) is 0 Å². The molecule has 0 radical (unpaired) electrons. The number of anilines is 1. The van der Waals surface area contributed by atoms with Crippen molar-refractivity contribution in [2.24, 2.45) is 0 Å². The predicted molar refractivity (Wildman–Crippen MR) is 70.1 cm³/mol. The highest BCUT2D eigenvalue weighted by Gasteiger charge is 2.46. The van der Waals surface area contributed by atoms with Crippen LogP contribution in [0.1, 0.15) is 26.3 Å². The molecule has 1 amide bonds. The van der Waals surface area contributed by atoms with Gasteiger partial charge in [-0.15, -0.1) is 0 Å². The second-order valence-electron chi connectivity index (χ2n) is 5.61. The van der Waals surface area contributed by atoms with Crippen LogP contribution in [-0.4, -0.2) is 34.2 Å². The van der Waals surface area contributed by atoms with Crippen LogP contribution in [0.25, 0.3) is 0 Å². The van der Waals surface area contributed by atoms with Crippen molar-refractivity contribution in [3.05, 3.63) is 29.8 Å². The molecule has 1 aromatic rings. The molecule has 0 aromatic heterocycles. The summed E-state index contributed by atoms with van der Waals surface area (Å²) in [5.74, 6) is -1.54. The van der Waals surface area contributed by atoms with E-state index in [1.54, 1.807) is 26.0 Å². The largest absolute Gasteiger partial charge is 0.479 e. The highest BCUT2D eigenvalue weighted by atomic mass is 16.4. The van der Waals surface area contributed by atoms with E-state index in [0.717, 1.165) is 5.56 Å². The van der Waals surface area contributed by atoms with Gasteiger partial charge in [0.1, 0.15) is 0 Å². The number of rotatable bonds is 3. The van der Waals surface area contributed by atoms with Crippen molar-refractivity contribution in [2.75, 3.05) is 11.4 Å². The molecule has 0 saturated carbocycles. The van der Waals surface area contributed by atoms with E-state index in [-0.39, 0.29) is 12.5 Å². The molecule has 0 aliphatic carbocycles. The van der Waals surface area contributed by atoms with Gasteiger partial charge in [-0.25, -0.2) is 4.79 Å². The highest BCUT2D eigenvalue weighted by Crippen LogP contribution is 2.41. The van der Waals surface area contributed by atoms with E-state index in [4.69, 9.17) is 5.11 Å². The Hall–Kier alpha value is -1.88. The van der Waals surface area contributed by atoms with Gasteiger partial charge in [0, 0.05) is 5.69 Å². The number of aliphatic hydroxyl groups is 1.